The highest BCUT2D eigenvalue weighted by Gasteiger charge is 2.21. The van der Waals surface area contributed by atoms with Gasteiger partial charge >= 0.3 is 0 Å². The van der Waals surface area contributed by atoms with Crippen molar-refractivity contribution >= 4 is 21.8 Å². The molecule has 0 bridgehead atoms. The number of sulfonamides is 1. The molecule has 27 heavy (non-hydrogen) atoms. The summed E-state index contributed by atoms with van der Waals surface area (Å²) in [7, 11) is -3.70. The second kappa shape index (κ2) is 7.44. The van der Waals surface area contributed by atoms with Crippen LogP contribution in [0.4, 0.5) is 11.8 Å². The van der Waals surface area contributed by atoms with E-state index in [0.29, 0.717) is 18.5 Å². The maximum Gasteiger partial charge on any atom is 0.238 e. The van der Waals surface area contributed by atoms with Crippen molar-refractivity contribution in [3.8, 4) is 0 Å². The number of primary sulfonamides is 1. The highest BCUT2D eigenvalue weighted by molar-refractivity contribution is 7.89. The van der Waals surface area contributed by atoms with Crippen LogP contribution < -0.4 is 15.4 Å². The average molecular weight is 388 g/mol. The van der Waals surface area contributed by atoms with E-state index in [9.17, 15) is 8.42 Å². The molecule has 0 atom stereocenters. The highest BCUT2D eigenvalue weighted by atomic mass is 32.2. The molecule has 8 heteroatoms. The predicted octanol–water partition coefficient (Wildman–Crippen LogP) is 2.43. The van der Waals surface area contributed by atoms with Crippen LogP contribution in [0.1, 0.15) is 43.2 Å². The van der Waals surface area contributed by atoms with Gasteiger partial charge in [0.2, 0.25) is 16.0 Å². The van der Waals surface area contributed by atoms with Gasteiger partial charge in [0.1, 0.15) is 5.82 Å². The summed E-state index contributed by atoms with van der Waals surface area (Å²) in [4.78, 5) is 11.4. The number of benzene rings is 1. The molecule has 0 saturated heterocycles. The Balaban J connectivity index is 1.52. The molecule has 7 nitrogen and oxygen atoms in total. The third-order valence-corrected chi connectivity index (χ3v) is 6.33. The second-order valence-corrected chi connectivity index (χ2v) is 8.93. The molecule has 2 aliphatic rings. The lowest BCUT2D eigenvalue weighted by molar-refractivity contribution is 0.461. The SMILES string of the molecule is NS(=O)(=O)c1ccc2c(c1)CN(c1ccnc(NC3CCCCC3)n1)CC2. The Labute approximate surface area is 160 Å². The first-order valence-corrected chi connectivity index (χ1v) is 11.0. The monoisotopic (exact) mass is 387 g/mol. The van der Waals surface area contributed by atoms with Crippen molar-refractivity contribution in [1.82, 2.24) is 9.97 Å². The van der Waals surface area contributed by atoms with Crippen LogP contribution in [0.25, 0.3) is 0 Å². The number of nitrogens with two attached hydrogens (primary N) is 1. The van der Waals surface area contributed by atoms with E-state index in [1.54, 1.807) is 18.3 Å². The van der Waals surface area contributed by atoms with E-state index in [4.69, 9.17) is 10.1 Å². The second-order valence-electron chi connectivity index (χ2n) is 7.36. The molecule has 3 N–H and O–H groups in total. The smallest absolute Gasteiger partial charge is 0.238 e. The summed E-state index contributed by atoms with van der Waals surface area (Å²) < 4.78 is 23.3. The van der Waals surface area contributed by atoms with Crippen LogP contribution >= 0.6 is 0 Å². The van der Waals surface area contributed by atoms with E-state index < -0.39 is 10.0 Å². The van der Waals surface area contributed by atoms with Crippen LogP contribution in [-0.4, -0.2) is 31.0 Å². The molecule has 1 aliphatic carbocycles. The van der Waals surface area contributed by atoms with Crippen molar-refractivity contribution in [2.24, 2.45) is 5.14 Å². The number of nitrogens with one attached hydrogen (secondary N) is 1. The molecule has 2 heterocycles. The van der Waals surface area contributed by atoms with Gasteiger partial charge in [-0.15, -0.1) is 0 Å². The number of fused-ring (bicyclic) bond motifs is 1. The molecule has 0 amide bonds. The molecule has 1 aromatic carbocycles. The molecule has 144 valence electrons. The van der Waals surface area contributed by atoms with E-state index >= 15 is 0 Å². The van der Waals surface area contributed by atoms with Gasteiger partial charge in [0.25, 0.3) is 0 Å². The van der Waals surface area contributed by atoms with Crippen molar-refractivity contribution in [3.63, 3.8) is 0 Å². The minimum absolute atomic E-state index is 0.158. The third-order valence-electron chi connectivity index (χ3n) is 5.42. The number of anilines is 2. The molecule has 0 unspecified atom stereocenters. The van der Waals surface area contributed by atoms with E-state index in [1.165, 1.54) is 32.1 Å². The van der Waals surface area contributed by atoms with Crippen molar-refractivity contribution in [1.29, 1.82) is 0 Å². The third kappa shape index (κ3) is 4.22. The van der Waals surface area contributed by atoms with Gasteiger partial charge < -0.3 is 10.2 Å². The maximum absolute atomic E-state index is 11.6. The van der Waals surface area contributed by atoms with Gasteiger partial charge in [0.15, 0.2) is 0 Å². The molecule has 1 saturated carbocycles. The Hall–Kier alpha value is -2.19. The van der Waals surface area contributed by atoms with Crippen LogP contribution in [0.15, 0.2) is 35.4 Å². The maximum atomic E-state index is 11.6. The zero-order valence-corrected chi connectivity index (χ0v) is 16.1. The molecular weight excluding hydrogens is 362 g/mol. The van der Waals surface area contributed by atoms with Gasteiger partial charge in [-0.2, -0.15) is 4.98 Å². The summed E-state index contributed by atoms with van der Waals surface area (Å²) in [5.74, 6) is 1.53. The van der Waals surface area contributed by atoms with Crippen LogP contribution in [0.5, 0.6) is 0 Å². The summed E-state index contributed by atoms with van der Waals surface area (Å²) in [6, 6.07) is 7.48. The van der Waals surface area contributed by atoms with Gasteiger partial charge in [-0.1, -0.05) is 25.3 Å². The number of nitrogens with zero attached hydrogens (tertiary/aromatic N) is 3. The van der Waals surface area contributed by atoms with Crippen LogP contribution in [-0.2, 0) is 23.0 Å². The lowest BCUT2D eigenvalue weighted by Gasteiger charge is -2.30. The number of hydrogen-bond donors (Lipinski definition) is 2. The molecule has 4 rings (SSSR count). The summed E-state index contributed by atoms with van der Waals surface area (Å²) in [6.45, 7) is 1.44. The van der Waals surface area contributed by atoms with Gasteiger partial charge in [-0.3, -0.25) is 0 Å². The molecule has 1 aromatic heterocycles. The van der Waals surface area contributed by atoms with Crippen LogP contribution in [0, 0.1) is 0 Å². The van der Waals surface area contributed by atoms with Gasteiger partial charge in [0.05, 0.1) is 4.90 Å². The van der Waals surface area contributed by atoms with Crippen LogP contribution in [0.3, 0.4) is 0 Å². The lowest BCUT2D eigenvalue weighted by atomic mass is 9.96. The fourth-order valence-corrected chi connectivity index (χ4v) is 4.49. The van der Waals surface area contributed by atoms with Crippen molar-refractivity contribution in [2.45, 2.75) is 56.0 Å². The zero-order chi connectivity index (χ0) is 18.9. The highest BCUT2D eigenvalue weighted by Crippen LogP contribution is 2.26. The molecular formula is C19H25N5O2S. The Morgan fingerprint density at radius 2 is 1.93 bits per heavy atom. The molecule has 1 aliphatic heterocycles. The average Bonchev–Trinajstić information content (AvgIpc) is 2.67. The van der Waals surface area contributed by atoms with E-state index in [0.717, 1.165) is 29.9 Å². The van der Waals surface area contributed by atoms with Gasteiger partial charge in [-0.05, 0) is 48.6 Å². The molecule has 1 fully saturated rings. The topological polar surface area (TPSA) is 101 Å². The Morgan fingerprint density at radius 3 is 2.70 bits per heavy atom. The number of rotatable bonds is 4. The standard InChI is InChI=1S/C19H25N5O2S/c20-27(25,26)17-7-6-14-9-11-24(13-15(14)12-17)18-8-10-21-19(23-18)22-16-4-2-1-3-5-16/h6-8,10,12,16H,1-5,9,11,13H2,(H2,20,25,26)(H,21,22,23). The molecule has 0 spiro atoms. The minimum atomic E-state index is -3.70. The van der Waals surface area contributed by atoms with Crippen molar-refractivity contribution in [2.75, 3.05) is 16.8 Å². The Morgan fingerprint density at radius 1 is 1.11 bits per heavy atom. The molecule has 2 aromatic rings. The quantitative estimate of drug-likeness (QED) is 0.835. The van der Waals surface area contributed by atoms with Crippen molar-refractivity contribution in [3.05, 3.63) is 41.6 Å². The first-order chi connectivity index (χ1) is 13.0. The van der Waals surface area contributed by atoms with Crippen molar-refractivity contribution < 1.29 is 8.42 Å². The van der Waals surface area contributed by atoms with Gasteiger partial charge in [0, 0.05) is 25.3 Å². The first kappa shape index (κ1) is 18.2. The van der Waals surface area contributed by atoms with E-state index in [2.05, 4.69) is 15.2 Å². The fourth-order valence-electron chi connectivity index (χ4n) is 3.93. The van der Waals surface area contributed by atoms with E-state index in [-0.39, 0.29) is 4.90 Å². The fraction of sp³-hybridized carbons (Fsp3) is 0.474. The summed E-state index contributed by atoms with van der Waals surface area (Å²) >= 11 is 0. The minimum Gasteiger partial charge on any atom is -0.352 e. The Bertz CT molecular complexity index is 925. The largest absolute Gasteiger partial charge is 0.352 e. The number of hydrogen-bond acceptors (Lipinski definition) is 6. The summed E-state index contributed by atoms with van der Waals surface area (Å²) in [5, 5.41) is 8.74. The van der Waals surface area contributed by atoms with Crippen LogP contribution in [0.2, 0.25) is 0 Å². The first-order valence-electron chi connectivity index (χ1n) is 9.48. The Kier molecular flexibility index (Phi) is 5.01. The lowest BCUT2D eigenvalue weighted by Crippen LogP contribution is -2.32. The zero-order valence-electron chi connectivity index (χ0n) is 15.3. The predicted molar refractivity (Wildman–Crippen MR) is 105 cm³/mol. The molecule has 0 radical (unpaired) electrons. The summed E-state index contributed by atoms with van der Waals surface area (Å²) in [6.07, 6.45) is 8.79. The normalized spacial score (nSPS) is 18.2. The van der Waals surface area contributed by atoms with Gasteiger partial charge in [-0.25, -0.2) is 18.5 Å². The number of aromatic nitrogens is 2. The summed E-state index contributed by atoms with van der Waals surface area (Å²) in [5.41, 5.74) is 2.14. The van der Waals surface area contributed by atoms with E-state index in [1.807, 2.05) is 12.1 Å².